The Hall–Kier alpha value is -3.21. The van der Waals surface area contributed by atoms with Crippen molar-refractivity contribution in [2.45, 2.75) is 6.92 Å². The van der Waals surface area contributed by atoms with Gasteiger partial charge in [-0.05, 0) is 30.7 Å². The van der Waals surface area contributed by atoms with Crippen LogP contribution < -0.4 is 0 Å². The van der Waals surface area contributed by atoms with E-state index >= 15 is 0 Å². The molecule has 0 fully saturated rings. The normalized spacial score (nSPS) is 10.5. The summed E-state index contributed by atoms with van der Waals surface area (Å²) in [6, 6.07) is 17.0. The van der Waals surface area contributed by atoms with E-state index in [1.807, 2.05) is 37.3 Å². The van der Waals surface area contributed by atoms with Crippen LogP contribution in [0.3, 0.4) is 0 Å². The van der Waals surface area contributed by atoms with E-state index in [4.69, 9.17) is 0 Å². The Labute approximate surface area is 132 Å². The lowest BCUT2D eigenvalue weighted by atomic mass is 10.00. The molecule has 5 heteroatoms. The highest BCUT2D eigenvalue weighted by Crippen LogP contribution is 2.26. The van der Waals surface area contributed by atoms with Crippen LogP contribution in [0.15, 0.2) is 60.7 Å². The number of nitrogens with zero attached hydrogens (tertiary/aromatic N) is 1. The van der Waals surface area contributed by atoms with Crippen LogP contribution in [0, 0.1) is 17.0 Å². The number of carbonyl (C=O) groups excluding carboxylic acids is 1. The third kappa shape index (κ3) is 2.89. The molecule has 114 valence electrons. The first-order valence-corrected chi connectivity index (χ1v) is 7.10. The first-order chi connectivity index (χ1) is 11.1. The predicted octanol–water partition coefficient (Wildman–Crippen LogP) is 4.13. The number of carbonyl (C=O) groups is 1. The minimum atomic E-state index is -0.482. The van der Waals surface area contributed by atoms with Gasteiger partial charge in [0.15, 0.2) is 5.78 Å². The molecule has 0 spiro atoms. The number of nitro benzene ring substituents is 1. The van der Waals surface area contributed by atoms with Crippen LogP contribution in [0.4, 0.5) is 5.69 Å². The van der Waals surface area contributed by atoms with Gasteiger partial charge in [-0.15, -0.1) is 0 Å². The maximum Gasteiger partial charge on any atom is 0.269 e. The summed E-state index contributed by atoms with van der Waals surface area (Å²) in [6.45, 7) is 1.89. The predicted molar refractivity (Wildman–Crippen MR) is 87.5 cm³/mol. The van der Waals surface area contributed by atoms with E-state index in [1.165, 1.54) is 24.3 Å². The van der Waals surface area contributed by atoms with Crippen LogP contribution in [0.1, 0.15) is 21.6 Å². The number of benzene rings is 2. The van der Waals surface area contributed by atoms with E-state index in [0.717, 1.165) is 17.0 Å². The molecule has 5 nitrogen and oxygen atoms in total. The van der Waals surface area contributed by atoms with Crippen molar-refractivity contribution in [2.75, 3.05) is 0 Å². The number of aromatic amines is 1. The van der Waals surface area contributed by atoms with Crippen molar-refractivity contribution >= 4 is 11.5 Å². The highest BCUT2D eigenvalue weighted by atomic mass is 16.6. The Morgan fingerprint density at radius 1 is 1.04 bits per heavy atom. The van der Waals surface area contributed by atoms with E-state index in [1.54, 1.807) is 6.07 Å². The highest BCUT2D eigenvalue weighted by Gasteiger charge is 2.18. The second-order valence-electron chi connectivity index (χ2n) is 5.24. The first kappa shape index (κ1) is 14.7. The summed E-state index contributed by atoms with van der Waals surface area (Å²) in [5.74, 6) is -0.164. The molecule has 0 saturated heterocycles. The second-order valence-corrected chi connectivity index (χ2v) is 5.24. The van der Waals surface area contributed by atoms with Gasteiger partial charge >= 0.3 is 0 Å². The van der Waals surface area contributed by atoms with Gasteiger partial charge in [0, 0.05) is 29.0 Å². The lowest BCUT2D eigenvalue weighted by molar-refractivity contribution is -0.384. The third-order valence-electron chi connectivity index (χ3n) is 3.60. The van der Waals surface area contributed by atoms with Gasteiger partial charge in [0.2, 0.25) is 0 Å². The third-order valence-corrected chi connectivity index (χ3v) is 3.60. The van der Waals surface area contributed by atoms with E-state index in [2.05, 4.69) is 4.98 Å². The Morgan fingerprint density at radius 3 is 2.30 bits per heavy atom. The van der Waals surface area contributed by atoms with Crippen molar-refractivity contribution in [1.29, 1.82) is 0 Å². The highest BCUT2D eigenvalue weighted by molar-refractivity contribution is 6.12. The first-order valence-electron chi connectivity index (χ1n) is 7.10. The minimum Gasteiger partial charge on any atom is -0.358 e. The van der Waals surface area contributed by atoms with Gasteiger partial charge in [-0.1, -0.05) is 30.3 Å². The second kappa shape index (κ2) is 5.88. The summed E-state index contributed by atoms with van der Waals surface area (Å²) in [6.07, 6.45) is 0. The fraction of sp³-hybridized carbons (Fsp3) is 0.0556. The van der Waals surface area contributed by atoms with Crippen LogP contribution >= 0.6 is 0 Å². The maximum absolute atomic E-state index is 12.7. The zero-order chi connectivity index (χ0) is 16.4. The molecule has 1 aromatic heterocycles. The van der Waals surface area contributed by atoms with Crippen LogP contribution in [0.5, 0.6) is 0 Å². The summed E-state index contributed by atoms with van der Waals surface area (Å²) in [5, 5.41) is 10.7. The maximum atomic E-state index is 12.7. The van der Waals surface area contributed by atoms with Gasteiger partial charge in [0.05, 0.1) is 10.6 Å². The fourth-order valence-corrected chi connectivity index (χ4v) is 2.49. The van der Waals surface area contributed by atoms with Gasteiger partial charge in [0.25, 0.3) is 5.69 Å². The smallest absolute Gasteiger partial charge is 0.269 e. The van der Waals surface area contributed by atoms with E-state index in [0.29, 0.717) is 11.1 Å². The van der Waals surface area contributed by atoms with Gasteiger partial charge in [0.1, 0.15) is 0 Å². The molecule has 23 heavy (non-hydrogen) atoms. The molecule has 0 bridgehead atoms. The van der Waals surface area contributed by atoms with Crippen molar-refractivity contribution in [3.63, 3.8) is 0 Å². The van der Waals surface area contributed by atoms with Crippen molar-refractivity contribution in [1.82, 2.24) is 4.98 Å². The Morgan fingerprint density at radius 2 is 1.70 bits per heavy atom. The molecule has 0 aliphatic rings. The van der Waals surface area contributed by atoms with Gasteiger partial charge in [-0.2, -0.15) is 0 Å². The summed E-state index contributed by atoms with van der Waals surface area (Å²) in [5.41, 5.74) is 3.51. The van der Waals surface area contributed by atoms with Gasteiger partial charge in [-0.25, -0.2) is 0 Å². The number of rotatable bonds is 4. The topological polar surface area (TPSA) is 76.0 Å². The number of hydrogen-bond acceptors (Lipinski definition) is 3. The van der Waals surface area contributed by atoms with Crippen LogP contribution in [-0.2, 0) is 0 Å². The molecule has 0 aliphatic carbocycles. The lowest BCUT2D eigenvalue weighted by Gasteiger charge is -2.04. The number of aryl methyl sites for hydroxylation is 1. The SMILES string of the molecule is Cc1cc(C(=O)c2ccc([N+](=O)[O-])cc2)c(-c2ccccc2)[nH]1. The summed E-state index contributed by atoms with van der Waals surface area (Å²) in [7, 11) is 0. The molecule has 1 N–H and O–H groups in total. The van der Waals surface area contributed by atoms with E-state index in [-0.39, 0.29) is 11.5 Å². The molecule has 1 heterocycles. The van der Waals surface area contributed by atoms with Crippen LogP contribution in [0.25, 0.3) is 11.3 Å². The van der Waals surface area contributed by atoms with Crippen molar-refractivity contribution in [3.05, 3.63) is 87.6 Å². The number of nitrogens with one attached hydrogen (secondary N) is 1. The van der Waals surface area contributed by atoms with Crippen LogP contribution in [0.2, 0.25) is 0 Å². The van der Waals surface area contributed by atoms with Crippen molar-refractivity contribution < 1.29 is 9.72 Å². The zero-order valence-corrected chi connectivity index (χ0v) is 12.4. The van der Waals surface area contributed by atoms with E-state index < -0.39 is 4.92 Å². The Balaban J connectivity index is 2.02. The lowest BCUT2D eigenvalue weighted by Crippen LogP contribution is -2.02. The summed E-state index contributed by atoms with van der Waals surface area (Å²) < 4.78 is 0. The summed E-state index contributed by atoms with van der Waals surface area (Å²) >= 11 is 0. The molecule has 0 unspecified atom stereocenters. The number of nitro groups is 1. The largest absolute Gasteiger partial charge is 0.358 e. The van der Waals surface area contributed by atoms with Crippen molar-refractivity contribution in [2.24, 2.45) is 0 Å². The van der Waals surface area contributed by atoms with Gasteiger partial charge < -0.3 is 4.98 Å². The molecule has 3 rings (SSSR count). The summed E-state index contributed by atoms with van der Waals surface area (Å²) in [4.78, 5) is 26.2. The molecule has 3 aromatic rings. The fourth-order valence-electron chi connectivity index (χ4n) is 2.49. The quantitative estimate of drug-likeness (QED) is 0.447. The average Bonchev–Trinajstić information content (AvgIpc) is 2.97. The molecule has 0 saturated carbocycles. The standard InChI is InChI=1S/C18H14N2O3/c1-12-11-16(17(19-12)13-5-3-2-4-6-13)18(21)14-7-9-15(10-8-14)20(22)23/h2-11,19H,1H3. The van der Waals surface area contributed by atoms with Crippen molar-refractivity contribution in [3.8, 4) is 11.3 Å². The number of H-pyrrole nitrogens is 1. The molecule has 0 radical (unpaired) electrons. The molecule has 0 amide bonds. The van der Waals surface area contributed by atoms with E-state index in [9.17, 15) is 14.9 Å². The zero-order valence-electron chi connectivity index (χ0n) is 12.4. The molecular formula is C18H14N2O3. The number of ketones is 1. The number of hydrogen-bond donors (Lipinski definition) is 1. The molecule has 0 aliphatic heterocycles. The Kier molecular flexibility index (Phi) is 3.76. The minimum absolute atomic E-state index is 0.0323. The monoisotopic (exact) mass is 306 g/mol. The van der Waals surface area contributed by atoms with Gasteiger partial charge in [-0.3, -0.25) is 14.9 Å². The number of aromatic nitrogens is 1. The average molecular weight is 306 g/mol. The number of non-ortho nitro benzene ring substituents is 1. The van der Waals surface area contributed by atoms with Crippen LogP contribution in [-0.4, -0.2) is 15.7 Å². The molecular weight excluding hydrogens is 292 g/mol. The molecule has 2 aromatic carbocycles. The molecule has 0 atom stereocenters. The Bertz CT molecular complexity index is 865.